The van der Waals surface area contributed by atoms with Crippen LogP contribution < -0.4 is 0 Å². The van der Waals surface area contributed by atoms with E-state index in [-0.39, 0.29) is 31.6 Å². The van der Waals surface area contributed by atoms with Crippen LogP contribution in [0.1, 0.15) is 43.4 Å². The van der Waals surface area contributed by atoms with Crippen molar-refractivity contribution in [2.24, 2.45) is 0 Å². The van der Waals surface area contributed by atoms with Crippen molar-refractivity contribution in [3.8, 4) is 11.3 Å². The van der Waals surface area contributed by atoms with Crippen LogP contribution in [-0.4, -0.2) is 15.9 Å². The van der Waals surface area contributed by atoms with Crippen LogP contribution in [0.15, 0.2) is 66.6 Å². The number of allylic oxidation sites excluding steroid dienone is 2. The van der Waals surface area contributed by atoms with Crippen molar-refractivity contribution in [3.05, 3.63) is 89.3 Å². The van der Waals surface area contributed by atoms with Crippen LogP contribution in [0.5, 0.6) is 0 Å². The molecule has 1 aliphatic rings. The Hall–Kier alpha value is -2.85. The summed E-state index contributed by atoms with van der Waals surface area (Å²) in [5.41, 5.74) is 6.45. The number of ketones is 1. The molecular weight excluding hydrogens is 643 g/mol. The van der Waals surface area contributed by atoms with Crippen molar-refractivity contribution >= 4 is 48.1 Å². The van der Waals surface area contributed by atoms with Gasteiger partial charge in [0.25, 0.3) is 0 Å². The second kappa shape index (κ2) is 11.0. The molecule has 0 unspecified atom stereocenters. The number of aliphatic hydroxyl groups excluding tert-OH is 1. The van der Waals surface area contributed by atoms with Gasteiger partial charge >= 0.3 is 0 Å². The predicted molar refractivity (Wildman–Crippen MR) is 147 cm³/mol. The number of aromatic nitrogens is 1. The Bertz CT molecular complexity index is 1610. The average Bonchev–Trinajstić information content (AvgIpc) is 3.16. The first kappa shape index (κ1) is 26.2. The molecule has 1 N–H and O–H groups in total. The Morgan fingerprint density at radius 3 is 2.33 bits per heavy atom. The van der Waals surface area contributed by atoms with Crippen LogP contribution in [0.3, 0.4) is 0 Å². The maximum atomic E-state index is 10.0. The molecule has 0 amide bonds. The summed E-state index contributed by atoms with van der Waals surface area (Å²) in [6.07, 6.45) is 8.20. The monoisotopic (exact) mass is 671 g/mol. The van der Waals surface area contributed by atoms with Gasteiger partial charge in [-0.2, -0.15) is 0 Å². The quantitative estimate of drug-likeness (QED) is 0.117. The summed E-state index contributed by atoms with van der Waals surface area (Å²) in [6.45, 7) is 4.97. The van der Waals surface area contributed by atoms with Crippen LogP contribution in [0.25, 0.3) is 42.2 Å². The first-order valence-corrected chi connectivity index (χ1v) is 12.8. The minimum absolute atomic E-state index is 0. The van der Waals surface area contributed by atoms with Gasteiger partial charge in [-0.15, -0.1) is 46.7 Å². The van der Waals surface area contributed by atoms with Gasteiger partial charge in [0, 0.05) is 52.6 Å². The number of carbonyl (C=O) groups is 1. The number of hydrogen-bond acceptors (Lipinski definition) is 4. The molecule has 185 valence electrons. The van der Waals surface area contributed by atoms with Gasteiger partial charge in [0.1, 0.15) is 0 Å². The van der Waals surface area contributed by atoms with Crippen LogP contribution in [0, 0.1) is 13.0 Å². The molecule has 5 heteroatoms. The standard InChI is InChI=1S/C26H20NS.C5H8O2.Ir/c1-16-5-4-8-20(11-16)26-21-15-23-22-12-17-6-2-3-7-18(17)13-24(22)28-25(23)14-19(21)9-10-27-26;1-4(6)3-5(2)7;/h4-5,9-15H,2-3,6-7H2,1H3;3,6H,1-2H3;/q-1;;/b;4-3-;. The SMILES string of the molecule is CC(=O)/C=C(/C)O.Cc1cc[c-]c(-c2nccc3cc4sc5cc6c(cc5c4cc23)CCCC6)c1.[Ir]. The molecular formula is C31H28IrNO2S-. The van der Waals surface area contributed by atoms with Gasteiger partial charge in [0.05, 0.1) is 5.76 Å². The van der Waals surface area contributed by atoms with Gasteiger partial charge in [-0.05, 0) is 91.4 Å². The molecule has 0 atom stereocenters. The largest absolute Gasteiger partial charge is 0.512 e. The molecule has 0 aliphatic heterocycles. The Morgan fingerprint density at radius 1 is 0.972 bits per heavy atom. The summed E-state index contributed by atoms with van der Waals surface area (Å²) in [6, 6.07) is 21.4. The zero-order valence-corrected chi connectivity index (χ0v) is 23.9. The first-order valence-electron chi connectivity index (χ1n) is 12.0. The Kier molecular flexibility index (Phi) is 8.04. The third kappa shape index (κ3) is 5.44. The number of carbonyl (C=O) groups excluding carboxylic acids is 1. The summed E-state index contributed by atoms with van der Waals surface area (Å²) < 4.78 is 2.79. The van der Waals surface area contributed by atoms with E-state index in [1.54, 1.807) is 11.1 Å². The molecule has 0 saturated heterocycles. The maximum absolute atomic E-state index is 10.0. The van der Waals surface area contributed by atoms with Crippen molar-refractivity contribution in [1.82, 2.24) is 4.98 Å². The van der Waals surface area contributed by atoms with Gasteiger partial charge in [0.2, 0.25) is 0 Å². The fraction of sp³-hybridized carbons (Fsp3) is 0.226. The van der Waals surface area contributed by atoms with Crippen molar-refractivity contribution < 1.29 is 30.0 Å². The molecule has 1 aliphatic carbocycles. The predicted octanol–water partition coefficient (Wildman–Crippen LogP) is 8.29. The van der Waals surface area contributed by atoms with Gasteiger partial charge in [0.15, 0.2) is 5.78 Å². The molecule has 2 heterocycles. The van der Waals surface area contributed by atoms with Crippen LogP contribution in [0.2, 0.25) is 0 Å². The van der Waals surface area contributed by atoms with Crippen LogP contribution in [-0.2, 0) is 37.7 Å². The third-order valence-electron chi connectivity index (χ3n) is 6.44. The number of nitrogens with zero attached hydrogens (tertiary/aromatic N) is 1. The molecule has 2 aromatic heterocycles. The Morgan fingerprint density at radius 2 is 1.67 bits per heavy atom. The number of fused-ring (bicyclic) bond motifs is 5. The molecule has 3 nitrogen and oxygen atoms in total. The summed E-state index contributed by atoms with van der Waals surface area (Å²) in [7, 11) is 0. The van der Waals surface area contributed by atoms with E-state index >= 15 is 0 Å². The smallest absolute Gasteiger partial charge is 0.155 e. The number of rotatable bonds is 2. The molecule has 5 aromatic rings. The maximum Gasteiger partial charge on any atom is 0.155 e. The van der Waals surface area contributed by atoms with Gasteiger partial charge in [-0.25, -0.2) is 0 Å². The number of hydrogen-bond donors (Lipinski definition) is 1. The van der Waals surface area contributed by atoms with Gasteiger partial charge in [-0.3, -0.25) is 4.79 Å². The first-order chi connectivity index (χ1) is 16.9. The Balaban J connectivity index is 0.000000338. The normalized spacial score (nSPS) is 13.1. The van der Waals surface area contributed by atoms with E-state index in [2.05, 4.69) is 55.5 Å². The van der Waals surface area contributed by atoms with Crippen molar-refractivity contribution in [3.63, 3.8) is 0 Å². The molecule has 0 bridgehead atoms. The van der Waals surface area contributed by atoms with Crippen molar-refractivity contribution in [2.75, 3.05) is 0 Å². The molecule has 36 heavy (non-hydrogen) atoms. The fourth-order valence-electron chi connectivity index (χ4n) is 4.90. The van der Waals surface area contributed by atoms with Crippen molar-refractivity contribution in [2.45, 2.75) is 46.5 Å². The molecule has 6 rings (SSSR count). The van der Waals surface area contributed by atoms with Gasteiger partial charge in [-0.1, -0.05) is 13.0 Å². The van der Waals surface area contributed by atoms with E-state index in [4.69, 9.17) is 10.1 Å². The number of thiophene rings is 1. The van der Waals surface area contributed by atoms with Crippen LogP contribution in [0.4, 0.5) is 0 Å². The number of aryl methyl sites for hydroxylation is 3. The topological polar surface area (TPSA) is 50.2 Å². The zero-order chi connectivity index (χ0) is 24.5. The van der Waals surface area contributed by atoms with E-state index in [1.165, 1.54) is 82.1 Å². The van der Waals surface area contributed by atoms with Gasteiger partial charge < -0.3 is 10.1 Å². The second-order valence-electron chi connectivity index (χ2n) is 9.33. The zero-order valence-electron chi connectivity index (χ0n) is 20.6. The third-order valence-corrected chi connectivity index (χ3v) is 7.56. The van der Waals surface area contributed by atoms with E-state index in [1.807, 2.05) is 23.6 Å². The Labute approximate surface area is 229 Å². The molecule has 0 fully saturated rings. The van der Waals surface area contributed by atoms with Crippen LogP contribution >= 0.6 is 11.3 Å². The summed E-state index contributed by atoms with van der Waals surface area (Å²) in [5.74, 6) is -0.0625. The molecule has 0 spiro atoms. The fourth-order valence-corrected chi connectivity index (χ4v) is 6.08. The summed E-state index contributed by atoms with van der Waals surface area (Å²) in [4.78, 5) is 14.7. The molecule has 1 radical (unpaired) electrons. The minimum atomic E-state index is -0.125. The number of aliphatic hydroxyl groups is 1. The summed E-state index contributed by atoms with van der Waals surface area (Å²) >= 11 is 1.93. The van der Waals surface area contributed by atoms with E-state index in [9.17, 15) is 4.79 Å². The second-order valence-corrected chi connectivity index (χ2v) is 10.4. The van der Waals surface area contributed by atoms with E-state index in [0.29, 0.717) is 0 Å². The van der Waals surface area contributed by atoms with E-state index < -0.39 is 0 Å². The number of pyridine rings is 1. The molecule has 0 saturated carbocycles. The van der Waals surface area contributed by atoms with Crippen molar-refractivity contribution in [1.29, 1.82) is 0 Å². The molecule has 3 aromatic carbocycles. The minimum Gasteiger partial charge on any atom is -0.512 e. The average molecular weight is 671 g/mol. The number of benzene rings is 3. The van der Waals surface area contributed by atoms with E-state index in [0.717, 1.165) is 11.3 Å². The summed E-state index contributed by atoms with van der Waals surface area (Å²) in [5, 5.41) is 13.6.